The highest BCUT2D eigenvalue weighted by atomic mass is 16.6. The van der Waals surface area contributed by atoms with E-state index in [2.05, 4.69) is 0 Å². The Kier molecular flexibility index (Phi) is 3.86. The molecule has 1 saturated carbocycles. The smallest absolute Gasteiger partial charge is 0.375 e. The molecule has 2 atom stereocenters. The Labute approximate surface area is 119 Å². The van der Waals surface area contributed by atoms with Crippen LogP contribution in [0.2, 0.25) is 0 Å². The lowest BCUT2D eigenvalue weighted by Gasteiger charge is -2.25. The quantitative estimate of drug-likeness (QED) is 0.626. The lowest BCUT2D eigenvalue weighted by atomic mass is 9.81. The predicted molar refractivity (Wildman–Crippen MR) is 75.3 cm³/mol. The zero-order chi connectivity index (χ0) is 13.9. The Bertz CT molecular complexity index is 488. The summed E-state index contributed by atoms with van der Waals surface area (Å²) in [6, 6.07) is 9.56. The summed E-state index contributed by atoms with van der Waals surface area (Å²) < 4.78 is 5.35. The number of ether oxygens (including phenoxy) is 1. The molecule has 3 heteroatoms. The number of benzene rings is 1. The predicted octanol–water partition coefficient (Wildman–Crippen LogP) is 3.24. The van der Waals surface area contributed by atoms with E-state index in [0.29, 0.717) is 5.92 Å². The number of Topliss-reactive ketones (excluding diaryl/α,β-unsaturated/α-hetero) is 1. The summed E-state index contributed by atoms with van der Waals surface area (Å²) in [5.74, 6) is -0.832. The van der Waals surface area contributed by atoms with Gasteiger partial charge in [-0.3, -0.25) is 4.79 Å². The number of carbonyl (C=O) groups excluding carboxylic acids is 2. The Morgan fingerprint density at radius 2 is 1.70 bits per heavy atom. The minimum Gasteiger partial charge on any atom is -0.455 e. The van der Waals surface area contributed by atoms with Crippen LogP contribution in [0.4, 0.5) is 0 Å². The maximum Gasteiger partial charge on any atom is 0.375 e. The van der Waals surface area contributed by atoms with Crippen molar-refractivity contribution >= 4 is 11.8 Å². The van der Waals surface area contributed by atoms with E-state index < -0.39 is 11.9 Å². The first kappa shape index (κ1) is 13.3. The highest BCUT2D eigenvalue weighted by Gasteiger charge is 2.44. The van der Waals surface area contributed by atoms with Crippen molar-refractivity contribution in [3.8, 4) is 0 Å². The van der Waals surface area contributed by atoms with Gasteiger partial charge < -0.3 is 4.74 Å². The summed E-state index contributed by atoms with van der Waals surface area (Å²) in [6.45, 7) is 0. The second kappa shape index (κ2) is 5.78. The molecule has 1 aromatic carbocycles. The summed E-state index contributed by atoms with van der Waals surface area (Å²) in [5.41, 5.74) is 0.907. The number of esters is 1. The number of hydrogen-bond acceptors (Lipinski definition) is 3. The van der Waals surface area contributed by atoms with Crippen molar-refractivity contribution in [3.05, 3.63) is 35.9 Å². The van der Waals surface area contributed by atoms with E-state index in [4.69, 9.17) is 4.74 Å². The van der Waals surface area contributed by atoms with Crippen molar-refractivity contribution in [3.63, 3.8) is 0 Å². The van der Waals surface area contributed by atoms with Crippen LogP contribution in [0.25, 0.3) is 0 Å². The van der Waals surface area contributed by atoms with Crippen LogP contribution in [-0.2, 0) is 14.3 Å². The molecule has 0 radical (unpaired) electrons. The molecule has 1 saturated heterocycles. The minimum absolute atomic E-state index is 0.263. The molecule has 0 bridgehead atoms. The zero-order valence-corrected chi connectivity index (χ0v) is 11.6. The fraction of sp³-hybridized carbons (Fsp3) is 0.529. The van der Waals surface area contributed by atoms with Crippen LogP contribution >= 0.6 is 0 Å². The third kappa shape index (κ3) is 2.62. The van der Waals surface area contributed by atoms with Crippen LogP contribution < -0.4 is 0 Å². The van der Waals surface area contributed by atoms with Crippen LogP contribution in [0.1, 0.15) is 50.0 Å². The Balaban J connectivity index is 1.77. The molecule has 0 amide bonds. The van der Waals surface area contributed by atoms with Gasteiger partial charge in [0.25, 0.3) is 5.78 Å². The van der Waals surface area contributed by atoms with E-state index in [0.717, 1.165) is 12.0 Å². The largest absolute Gasteiger partial charge is 0.455 e. The molecule has 1 aliphatic heterocycles. The maximum absolute atomic E-state index is 12.1. The first-order valence-electron chi connectivity index (χ1n) is 7.55. The second-order valence-electron chi connectivity index (χ2n) is 5.94. The van der Waals surface area contributed by atoms with Crippen molar-refractivity contribution in [2.24, 2.45) is 5.92 Å². The molecule has 1 aliphatic carbocycles. The molecular weight excluding hydrogens is 252 g/mol. The van der Waals surface area contributed by atoms with Crippen LogP contribution in [-0.4, -0.2) is 17.9 Å². The first-order valence-corrected chi connectivity index (χ1v) is 7.55. The minimum atomic E-state index is -0.653. The number of carbonyl (C=O) groups is 2. The molecule has 1 heterocycles. The summed E-state index contributed by atoms with van der Waals surface area (Å²) in [7, 11) is 0. The van der Waals surface area contributed by atoms with E-state index in [1.54, 1.807) is 0 Å². The molecule has 0 aromatic heterocycles. The third-order valence-corrected chi connectivity index (χ3v) is 4.56. The fourth-order valence-corrected chi connectivity index (χ4v) is 3.52. The highest BCUT2D eigenvalue weighted by molar-refractivity contribution is 6.37. The van der Waals surface area contributed by atoms with Gasteiger partial charge in [-0.25, -0.2) is 4.79 Å². The SMILES string of the molecule is O=C1O[C@@H](CC2CCCCC2)[C@@H](c2ccccc2)C1=O. The van der Waals surface area contributed by atoms with Crippen molar-refractivity contribution in [2.75, 3.05) is 0 Å². The monoisotopic (exact) mass is 272 g/mol. The highest BCUT2D eigenvalue weighted by Crippen LogP contribution is 2.36. The van der Waals surface area contributed by atoms with E-state index in [1.807, 2.05) is 30.3 Å². The zero-order valence-electron chi connectivity index (χ0n) is 11.6. The molecule has 106 valence electrons. The molecular formula is C17H20O3. The van der Waals surface area contributed by atoms with E-state index in [9.17, 15) is 9.59 Å². The van der Waals surface area contributed by atoms with Gasteiger partial charge in [-0.05, 0) is 17.9 Å². The van der Waals surface area contributed by atoms with Gasteiger partial charge in [-0.1, -0.05) is 62.4 Å². The Morgan fingerprint density at radius 1 is 1.00 bits per heavy atom. The van der Waals surface area contributed by atoms with E-state index in [1.165, 1.54) is 32.1 Å². The Hall–Kier alpha value is -1.64. The molecule has 3 nitrogen and oxygen atoms in total. The third-order valence-electron chi connectivity index (χ3n) is 4.56. The molecule has 0 spiro atoms. The van der Waals surface area contributed by atoms with E-state index >= 15 is 0 Å². The van der Waals surface area contributed by atoms with Crippen molar-refractivity contribution in [1.82, 2.24) is 0 Å². The average Bonchev–Trinajstić information content (AvgIpc) is 2.76. The summed E-state index contributed by atoms with van der Waals surface area (Å²) >= 11 is 0. The summed E-state index contributed by atoms with van der Waals surface area (Å²) in [4.78, 5) is 23.7. The number of ketones is 1. The molecule has 1 aromatic rings. The average molecular weight is 272 g/mol. The van der Waals surface area contributed by atoms with Gasteiger partial charge in [0, 0.05) is 0 Å². The summed E-state index contributed by atoms with van der Waals surface area (Å²) in [5, 5.41) is 0. The molecule has 2 fully saturated rings. The summed E-state index contributed by atoms with van der Waals surface area (Å²) in [6.07, 6.45) is 6.79. The van der Waals surface area contributed by atoms with Crippen LogP contribution in [0.5, 0.6) is 0 Å². The molecule has 20 heavy (non-hydrogen) atoms. The van der Waals surface area contributed by atoms with E-state index in [-0.39, 0.29) is 11.9 Å². The molecule has 0 unspecified atom stereocenters. The van der Waals surface area contributed by atoms with Crippen LogP contribution in [0, 0.1) is 5.92 Å². The van der Waals surface area contributed by atoms with Gasteiger partial charge in [0.15, 0.2) is 0 Å². The lowest BCUT2D eigenvalue weighted by molar-refractivity contribution is -0.149. The van der Waals surface area contributed by atoms with Gasteiger partial charge >= 0.3 is 5.97 Å². The normalized spacial score (nSPS) is 27.6. The van der Waals surface area contributed by atoms with Gasteiger partial charge in [0.05, 0.1) is 5.92 Å². The van der Waals surface area contributed by atoms with Gasteiger partial charge in [-0.15, -0.1) is 0 Å². The molecule has 0 N–H and O–H groups in total. The number of cyclic esters (lactones) is 1. The second-order valence-corrected chi connectivity index (χ2v) is 5.94. The van der Waals surface area contributed by atoms with Crippen molar-refractivity contribution in [1.29, 1.82) is 0 Å². The number of hydrogen-bond donors (Lipinski definition) is 0. The molecule has 2 aliphatic rings. The topological polar surface area (TPSA) is 43.4 Å². The van der Waals surface area contributed by atoms with Gasteiger partial charge in [0.1, 0.15) is 6.10 Å². The lowest BCUT2D eigenvalue weighted by Crippen LogP contribution is -2.22. The van der Waals surface area contributed by atoms with Gasteiger partial charge in [-0.2, -0.15) is 0 Å². The number of rotatable bonds is 3. The van der Waals surface area contributed by atoms with Crippen molar-refractivity contribution in [2.45, 2.75) is 50.5 Å². The maximum atomic E-state index is 12.1. The van der Waals surface area contributed by atoms with Crippen LogP contribution in [0.3, 0.4) is 0 Å². The standard InChI is InChI=1S/C17H20O3/c18-16-15(13-9-5-2-6-10-13)14(20-17(16)19)11-12-7-3-1-4-8-12/h2,5-6,9-10,12,14-15H,1,3-4,7-8,11H2/t14-,15+/m0/s1. The first-order chi connectivity index (χ1) is 9.75. The molecule has 3 rings (SSSR count). The Morgan fingerprint density at radius 3 is 2.40 bits per heavy atom. The van der Waals surface area contributed by atoms with Gasteiger partial charge in [0.2, 0.25) is 0 Å². The van der Waals surface area contributed by atoms with Crippen molar-refractivity contribution < 1.29 is 14.3 Å². The van der Waals surface area contributed by atoms with Crippen LogP contribution in [0.15, 0.2) is 30.3 Å². The fourth-order valence-electron chi connectivity index (χ4n) is 3.52.